The lowest BCUT2D eigenvalue weighted by Crippen LogP contribution is -2.47. The maximum atomic E-state index is 11.1. The van der Waals surface area contributed by atoms with Crippen molar-refractivity contribution in [3.8, 4) is 5.75 Å². The van der Waals surface area contributed by atoms with E-state index in [-0.39, 0.29) is 5.92 Å². The topological polar surface area (TPSA) is 68.2 Å². The number of unbranched alkanes of at least 4 members (excludes halogenated alkanes) is 1. The molecule has 2 heterocycles. The first kappa shape index (κ1) is 17.0. The van der Waals surface area contributed by atoms with Crippen LogP contribution in [-0.4, -0.2) is 49.8 Å². The first-order valence-electron chi connectivity index (χ1n) is 8.56. The van der Waals surface area contributed by atoms with E-state index in [1.807, 2.05) is 18.2 Å². The molecule has 0 aromatic heterocycles. The van der Waals surface area contributed by atoms with Crippen LogP contribution in [0.15, 0.2) is 24.3 Å². The lowest BCUT2D eigenvalue weighted by atomic mass is 10.0. The first-order valence-corrected chi connectivity index (χ1v) is 8.56. The second-order valence-electron chi connectivity index (χ2n) is 6.54. The molecule has 0 amide bonds. The minimum Gasteiger partial charge on any atom is -0.490 e. The monoisotopic (exact) mass is 335 g/mol. The molecule has 0 bridgehead atoms. The molecular formula is C18H25NO5. The van der Waals surface area contributed by atoms with Gasteiger partial charge in [0.15, 0.2) is 0 Å². The summed E-state index contributed by atoms with van der Waals surface area (Å²) in [6.07, 6.45) is 3.14. The minimum absolute atomic E-state index is 0.273. The van der Waals surface area contributed by atoms with Gasteiger partial charge in [-0.1, -0.05) is 18.6 Å². The van der Waals surface area contributed by atoms with Crippen LogP contribution in [0.4, 0.5) is 5.69 Å². The molecule has 132 valence electrons. The van der Waals surface area contributed by atoms with Crippen LogP contribution in [0.1, 0.15) is 26.2 Å². The van der Waals surface area contributed by atoms with Crippen molar-refractivity contribution in [2.24, 2.45) is 5.92 Å². The lowest BCUT2D eigenvalue weighted by molar-refractivity contribution is -0.271. The van der Waals surface area contributed by atoms with Crippen molar-refractivity contribution in [3.63, 3.8) is 0 Å². The third-order valence-corrected chi connectivity index (χ3v) is 4.69. The van der Waals surface area contributed by atoms with Crippen LogP contribution < -0.4 is 9.64 Å². The zero-order chi connectivity index (χ0) is 17.0. The molecule has 0 atom stereocenters. The van der Waals surface area contributed by atoms with Gasteiger partial charge in [-0.3, -0.25) is 0 Å². The molecule has 0 spiro atoms. The molecular weight excluding hydrogens is 310 g/mol. The Bertz CT molecular complexity index is 568. The Hall–Kier alpha value is -1.79. The summed E-state index contributed by atoms with van der Waals surface area (Å²) in [5.74, 6) is -1.30. The number of carboxylic acid groups (broad SMARTS) is 1. The van der Waals surface area contributed by atoms with Crippen molar-refractivity contribution in [1.29, 1.82) is 0 Å². The van der Waals surface area contributed by atoms with Gasteiger partial charge in [0.2, 0.25) is 0 Å². The molecule has 0 radical (unpaired) electrons. The molecule has 3 rings (SSSR count). The number of fused-ring (bicyclic) bond motifs is 1. The Morgan fingerprint density at radius 1 is 1.29 bits per heavy atom. The molecule has 1 aromatic carbocycles. The summed E-state index contributed by atoms with van der Waals surface area (Å²) in [5.41, 5.74) is 1.17. The second kappa shape index (κ2) is 7.40. The molecule has 6 nitrogen and oxygen atoms in total. The quantitative estimate of drug-likeness (QED) is 0.806. The van der Waals surface area contributed by atoms with E-state index in [4.69, 9.17) is 19.3 Å². The fourth-order valence-electron chi connectivity index (χ4n) is 3.13. The van der Waals surface area contributed by atoms with E-state index in [0.29, 0.717) is 13.2 Å². The fraction of sp³-hybridized carbons (Fsp3) is 0.611. The number of carboxylic acids is 1. The summed E-state index contributed by atoms with van der Waals surface area (Å²) in [7, 11) is 0. The lowest BCUT2D eigenvalue weighted by Gasteiger charge is -2.34. The number of aliphatic carboxylic acids is 1. The smallest absolute Gasteiger partial charge is 0.364 e. The number of anilines is 1. The summed E-state index contributed by atoms with van der Waals surface area (Å²) in [6, 6.07) is 8.15. The fourth-order valence-corrected chi connectivity index (χ4v) is 3.13. The van der Waals surface area contributed by atoms with E-state index in [9.17, 15) is 4.79 Å². The molecule has 1 saturated heterocycles. The van der Waals surface area contributed by atoms with Crippen molar-refractivity contribution >= 4 is 11.7 Å². The number of carbonyl (C=O) groups is 1. The van der Waals surface area contributed by atoms with Crippen molar-refractivity contribution in [1.82, 2.24) is 0 Å². The van der Waals surface area contributed by atoms with Gasteiger partial charge in [0.05, 0.1) is 25.4 Å². The average molecular weight is 335 g/mol. The summed E-state index contributed by atoms with van der Waals surface area (Å²) < 4.78 is 16.4. The van der Waals surface area contributed by atoms with Gasteiger partial charge < -0.3 is 24.2 Å². The van der Waals surface area contributed by atoms with E-state index in [2.05, 4.69) is 11.0 Å². The number of nitrogens with zero attached hydrogens (tertiary/aromatic N) is 1. The van der Waals surface area contributed by atoms with Crippen LogP contribution in [0.3, 0.4) is 0 Å². The third-order valence-electron chi connectivity index (χ3n) is 4.69. The molecule has 1 aromatic rings. The summed E-state index contributed by atoms with van der Waals surface area (Å²) >= 11 is 0. The predicted octanol–water partition coefficient (Wildman–Crippen LogP) is 2.52. The summed E-state index contributed by atoms with van der Waals surface area (Å²) in [6.45, 7) is 5.01. The summed E-state index contributed by atoms with van der Waals surface area (Å²) in [4.78, 5) is 13.4. The van der Waals surface area contributed by atoms with Crippen molar-refractivity contribution < 1.29 is 24.1 Å². The highest BCUT2D eigenvalue weighted by Crippen LogP contribution is 2.31. The SMILES string of the molecule is CC1(C(=O)O)OCC(CCCCN2CCOc3ccccc32)CO1. The van der Waals surface area contributed by atoms with Crippen LogP contribution in [0.5, 0.6) is 5.75 Å². The van der Waals surface area contributed by atoms with Crippen LogP contribution >= 0.6 is 0 Å². The Balaban J connectivity index is 1.39. The molecule has 2 aliphatic rings. The van der Waals surface area contributed by atoms with Crippen molar-refractivity contribution in [2.75, 3.05) is 37.8 Å². The van der Waals surface area contributed by atoms with Gasteiger partial charge in [-0.15, -0.1) is 0 Å². The van der Waals surface area contributed by atoms with Crippen LogP contribution in [0, 0.1) is 5.92 Å². The first-order chi connectivity index (χ1) is 11.6. The molecule has 24 heavy (non-hydrogen) atoms. The van der Waals surface area contributed by atoms with Gasteiger partial charge >= 0.3 is 5.97 Å². The molecule has 0 aliphatic carbocycles. The molecule has 0 saturated carbocycles. The zero-order valence-corrected chi connectivity index (χ0v) is 14.1. The largest absolute Gasteiger partial charge is 0.490 e. The maximum Gasteiger partial charge on any atom is 0.364 e. The average Bonchev–Trinajstić information content (AvgIpc) is 2.60. The Morgan fingerprint density at radius 2 is 2.04 bits per heavy atom. The zero-order valence-electron chi connectivity index (χ0n) is 14.1. The van der Waals surface area contributed by atoms with Gasteiger partial charge in [-0.05, 0) is 25.0 Å². The maximum absolute atomic E-state index is 11.1. The van der Waals surface area contributed by atoms with Crippen LogP contribution in [0.2, 0.25) is 0 Å². The normalized spacial score (nSPS) is 26.5. The number of hydrogen-bond donors (Lipinski definition) is 1. The number of benzene rings is 1. The van der Waals surface area contributed by atoms with Gasteiger partial charge in [0.1, 0.15) is 12.4 Å². The molecule has 6 heteroatoms. The standard InChI is InChI=1S/C18H25NO5/c1-18(17(20)21)23-12-14(13-24-18)6-4-5-9-19-10-11-22-16-8-3-2-7-15(16)19/h2-3,7-8,14H,4-6,9-13H2,1H3,(H,20,21). The second-order valence-corrected chi connectivity index (χ2v) is 6.54. The molecule has 2 aliphatic heterocycles. The Kier molecular flexibility index (Phi) is 5.26. The van der Waals surface area contributed by atoms with E-state index in [1.54, 1.807) is 0 Å². The van der Waals surface area contributed by atoms with Crippen LogP contribution in [-0.2, 0) is 14.3 Å². The number of ether oxygens (including phenoxy) is 3. The highest BCUT2D eigenvalue weighted by Gasteiger charge is 2.40. The van der Waals surface area contributed by atoms with Gasteiger partial charge in [-0.2, -0.15) is 0 Å². The summed E-state index contributed by atoms with van der Waals surface area (Å²) in [5, 5.41) is 9.06. The molecule has 1 fully saturated rings. The molecule has 1 N–H and O–H groups in total. The predicted molar refractivity (Wildman–Crippen MR) is 89.4 cm³/mol. The van der Waals surface area contributed by atoms with Crippen molar-refractivity contribution in [2.45, 2.75) is 32.0 Å². The Labute approximate surface area is 142 Å². The van der Waals surface area contributed by atoms with E-state index < -0.39 is 11.8 Å². The van der Waals surface area contributed by atoms with E-state index in [1.165, 1.54) is 12.6 Å². The van der Waals surface area contributed by atoms with Gasteiger partial charge in [0.25, 0.3) is 5.79 Å². The van der Waals surface area contributed by atoms with E-state index in [0.717, 1.165) is 44.7 Å². The van der Waals surface area contributed by atoms with Crippen molar-refractivity contribution in [3.05, 3.63) is 24.3 Å². The number of rotatable bonds is 6. The van der Waals surface area contributed by atoms with Gasteiger partial charge in [0, 0.05) is 19.4 Å². The number of hydrogen-bond acceptors (Lipinski definition) is 5. The number of para-hydroxylation sites is 2. The van der Waals surface area contributed by atoms with E-state index >= 15 is 0 Å². The minimum atomic E-state index is -1.48. The highest BCUT2D eigenvalue weighted by atomic mass is 16.7. The third kappa shape index (κ3) is 3.82. The van der Waals surface area contributed by atoms with Crippen LogP contribution in [0.25, 0.3) is 0 Å². The molecule has 0 unspecified atom stereocenters. The Morgan fingerprint density at radius 3 is 2.79 bits per heavy atom. The highest BCUT2D eigenvalue weighted by molar-refractivity contribution is 5.75. The van der Waals surface area contributed by atoms with Gasteiger partial charge in [-0.25, -0.2) is 4.79 Å².